The number of carbonyl (C=O) groups is 2. The summed E-state index contributed by atoms with van der Waals surface area (Å²) in [6.07, 6.45) is -0.415. The number of nitrogens with one attached hydrogen (secondary N) is 1. The molecule has 0 saturated heterocycles. The number of anilines is 1. The molecule has 7 nitrogen and oxygen atoms in total. The standard InChI is InChI=1S/C24H23N3O4/c1-30-21-13-17(11-12-20(21)31-15-22(25)28)23-26-19-10-6-5-9-18(19)24(29)27(23)14-16-7-3-2-4-8-16/h2-13,23,26H,14-15H2,1H3,(H2,25,28)/t23-/m0/s1. The van der Waals surface area contributed by atoms with Crippen molar-refractivity contribution in [2.24, 2.45) is 5.73 Å². The summed E-state index contributed by atoms with van der Waals surface area (Å²) in [5, 5.41) is 3.47. The van der Waals surface area contributed by atoms with Gasteiger partial charge in [-0.25, -0.2) is 0 Å². The van der Waals surface area contributed by atoms with E-state index < -0.39 is 12.1 Å². The summed E-state index contributed by atoms with van der Waals surface area (Å²) in [7, 11) is 1.52. The Morgan fingerprint density at radius 1 is 1.03 bits per heavy atom. The number of para-hydroxylation sites is 1. The molecule has 0 aliphatic carbocycles. The molecule has 3 aromatic rings. The highest BCUT2D eigenvalue weighted by atomic mass is 16.5. The van der Waals surface area contributed by atoms with Gasteiger partial charge in [-0.15, -0.1) is 0 Å². The molecule has 0 radical (unpaired) electrons. The minimum absolute atomic E-state index is 0.0591. The summed E-state index contributed by atoms with van der Waals surface area (Å²) in [4.78, 5) is 26.2. The third-order valence-corrected chi connectivity index (χ3v) is 5.09. The van der Waals surface area contributed by atoms with Crippen molar-refractivity contribution in [3.63, 3.8) is 0 Å². The van der Waals surface area contributed by atoms with Gasteiger partial charge in [-0.3, -0.25) is 9.59 Å². The molecule has 1 aliphatic heterocycles. The van der Waals surface area contributed by atoms with Crippen molar-refractivity contribution >= 4 is 17.5 Å². The van der Waals surface area contributed by atoms with E-state index in [9.17, 15) is 9.59 Å². The summed E-state index contributed by atoms with van der Waals surface area (Å²) >= 11 is 0. The molecule has 3 N–H and O–H groups in total. The van der Waals surface area contributed by atoms with Crippen molar-refractivity contribution in [1.29, 1.82) is 0 Å². The number of benzene rings is 3. The molecule has 1 atom stereocenters. The number of primary amides is 1. The lowest BCUT2D eigenvalue weighted by Crippen LogP contribution is -2.42. The van der Waals surface area contributed by atoms with Gasteiger partial charge in [-0.1, -0.05) is 48.5 Å². The quantitative estimate of drug-likeness (QED) is 0.615. The molecule has 0 fully saturated rings. The Hall–Kier alpha value is -4.00. The normalized spacial score (nSPS) is 15.1. The second kappa shape index (κ2) is 8.79. The highest BCUT2D eigenvalue weighted by molar-refractivity contribution is 6.01. The van der Waals surface area contributed by atoms with Crippen LogP contribution in [0.5, 0.6) is 11.5 Å². The molecule has 7 heteroatoms. The summed E-state index contributed by atoms with van der Waals surface area (Å²) in [6.45, 7) is 0.192. The summed E-state index contributed by atoms with van der Waals surface area (Å²) < 4.78 is 10.9. The lowest BCUT2D eigenvalue weighted by molar-refractivity contribution is -0.119. The Balaban J connectivity index is 1.71. The molecule has 1 aliphatic rings. The summed E-state index contributed by atoms with van der Waals surface area (Å²) in [6, 6.07) is 22.6. The van der Waals surface area contributed by atoms with Crippen LogP contribution in [-0.2, 0) is 11.3 Å². The molecule has 0 unspecified atom stereocenters. The smallest absolute Gasteiger partial charge is 0.258 e. The van der Waals surface area contributed by atoms with Crippen molar-refractivity contribution in [3.05, 3.63) is 89.5 Å². The molecule has 4 rings (SSSR count). The zero-order valence-electron chi connectivity index (χ0n) is 17.1. The number of hydrogen-bond donors (Lipinski definition) is 2. The number of carbonyl (C=O) groups excluding carboxylic acids is 2. The molecule has 0 bridgehead atoms. The van der Waals surface area contributed by atoms with Crippen LogP contribution in [0.15, 0.2) is 72.8 Å². The van der Waals surface area contributed by atoms with E-state index in [1.807, 2.05) is 60.7 Å². The number of ether oxygens (including phenoxy) is 2. The molecule has 3 aromatic carbocycles. The van der Waals surface area contributed by atoms with E-state index in [0.717, 1.165) is 16.8 Å². The van der Waals surface area contributed by atoms with Crippen molar-refractivity contribution in [1.82, 2.24) is 4.90 Å². The van der Waals surface area contributed by atoms with Crippen LogP contribution in [0.25, 0.3) is 0 Å². The van der Waals surface area contributed by atoms with E-state index in [-0.39, 0.29) is 12.5 Å². The van der Waals surface area contributed by atoms with Crippen LogP contribution < -0.4 is 20.5 Å². The number of hydrogen-bond acceptors (Lipinski definition) is 5. The average Bonchev–Trinajstić information content (AvgIpc) is 2.80. The lowest BCUT2D eigenvalue weighted by atomic mass is 10.0. The molecular weight excluding hydrogens is 394 g/mol. The van der Waals surface area contributed by atoms with Crippen molar-refractivity contribution in [2.75, 3.05) is 19.0 Å². The summed E-state index contributed by atoms with van der Waals surface area (Å²) in [5.74, 6) is 0.223. The van der Waals surface area contributed by atoms with E-state index in [4.69, 9.17) is 15.2 Å². The fourth-order valence-electron chi connectivity index (χ4n) is 3.62. The number of fused-ring (bicyclic) bond motifs is 1. The molecule has 1 heterocycles. The van der Waals surface area contributed by atoms with Gasteiger partial charge in [0.15, 0.2) is 18.1 Å². The fraction of sp³-hybridized carbons (Fsp3) is 0.167. The number of nitrogens with two attached hydrogens (primary N) is 1. The van der Waals surface area contributed by atoms with Gasteiger partial charge in [0.05, 0.1) is 12.7 Å². The Morgan fingerprint density at radius 3 is 2.52 bits per heavy atom. The number of nitrogens with zero attached hydrogens (tertiary/aromatic N) is 1. The van der Waals surface area contributed by atoms with Crippen LogP contribution >= 0.6 is 0 Å². The molecule has 2 amide bonds. The van der Waals surface area contributed by atoms with E-state index in [0.29, 0.717) is 23.6 Å². The molecule has 0 aromatic heterocycles. The first-order valence-corrected chi connectivity index (χ1v) is 9.86. The van der Waals surface area contributed by atoms with Crippen LogP contribution in [0.1, 0.15) is 27.7 Å². The minimum atomic E-state index is -0.573. The van der Waals surface area contributed by atoms with Crippen molar-refractivity contribution in [3.8, 4) is 11.5 Å². The number of rotatable bonds is 7. The second-order valence-electron chi connectivity index (χ2n) is 7.18. The second-order valence-corrected chi connectivity index (χ2v) is 7.18. The van der Waals surface area contributed by atoms with Gasteiger partial charge in [0.25, 0.3) is 11.8 Å². The van der Waals surface area contributed by atoms with Crippen LogP contribution in [-0.4, -0.2) is 30.4 Å². The van der Waals surface area contributed by atoms with Gasteiger partial charge in [0.1, 0.15) is 6.17 Å². The fourth-order valence-corrected chi connectivity index (χ4v) is 3.62. The average molecular weight is 417 g/mol. The maximum absolute atomic E-state index is 13.4. The van der Waals surface area contributed by atoms with Crippen LogP contribution in [0.3, 0.4) is 0 Å². The van der Waals surface area contributed by atoms with E-state index in [1.54, 1.807) is 17.0 Å². The summed E-state index contributed by atoms with van der Waals surface area (Å²) in [5.41, 5.74) is 8.42. The SMILES string of the molecule is COc1cc([C@H]2Nc3ccccc3C(=O)N2Cc2ccccc2)ccc1OCC(N)=O. The van der Waals surface area contributed by atoms with Gasteiger partial charge < -0.3 is 25.4 Å². The Bertz CT molecular complexity index is 1100. The molecule has 31 heavy (non-hydrogen) atoms. The molecule has 0 saturated carbocycles. The largest absolute Gasteiger partial charge is 0.493 e. The highest BCUT2D eigenvalue weighted by Gasteiger charge is 2.33. The first-order chi connectivity index (χ1) is 15.1. The van der Waals surface area contributed by atoms with E-state index >= 15 is 0 Å². The first-order valence-electron chi connectivity index (χ1n) is 9.86. The predicted molar refractivity (Wildman–Crippen MR) is 117 cm³/mol. The minimum Gasteiger partial charge on any atom is -0.493 e. The van der Waals surface area contributed by atoms with Gasteiger partial charge in [0.2, 0.25) is 0 Å². The Kier molecular flexibility index (Phi) is 5.75. The van der Waals surface area contributed by atoms with Crippen molar-refractivity contribution < 1.29 is 19.1 Å². The highest BCUT2D eigenvalue weighted by Crippen LogP contribution is 2.37. The maximum atomic E-state index is 13.4. The topological polar surface area (TPSA) is 93.9 Å². The Morgan fingerprint density at radius 2 is 1.77 bits per heavy atom. The van der Waals surface area contributed by atoms with Crippen LogP contribution in [0.2, 0.25) is 0 Å². The van der Waals surface area contributed by atoms with Crippen molar-refractivity contribution in [2.45, 2.75) is 12.7 Å². The molecule has 158 valence electrons. The maximum Gasteiger partial charge on any atom is 0.258 e. The van der Waals surface area contributed by atoms with Crippen LogP contribution in [0.4, 0.5) is 5.69 Å². The Labute approximate surface area is 180 Å². The lowest BCUT2D eigenvalue weighted by Gasteiger charge is -2.38. The van der Waals surface area contributed by atoms with Gasteiger partial charge in [-0.2, -0.15) is 0 Å². The van der Waals surface area contributed by atoms with Gasteiger partial charge >= 0.3 is 0 Å². The zero-order valence-corrected chi connectivity index (χ0v) is 17.1. The third-order valence-electron chi connectivity index (χ3n) is 5.09. The van der Waals surface area contributed by atoms with Gasteiger partial charge in [-0.05, 0) is 35.4 Å². The van der Waals surface area contributed by atoms with E-state index in [1.165, 1.54) is 7.11 Å². The first kappa shape index (κ1) is 20.3. The number of methoxy groups -OCH3 is 1. The van der Waals surface area contributed by atoms with Crippen LogP contribution in [0, 0.1) is 0 Å². The third kappa shape index (κ3) is 4.30. The zero-order chi connectivity index (χ0) is 21.8. The van der Waals surface area contributed by atoms with E-state index in [2.05, 4.69) is 5.32 Å². The number of amides is 2. The van der Waals surface area contributed by atoms with Gasteiger partial charge in [0, 0.05) is 12.2 Å². The predicted octanol–water partition coefficient (Wildman–Crippen LogP) is 3.33. The monoisotopic (exact) mass is 417 g/mol. The molecular formula is C24H23N3O4. The molecule has 0 spiro atoms.